The van der Waals surface area contributed by atoms with Crippen molar-refractivity contribution in [3.63, 3.8) is 0 Å². The Balaban J connectivity index is 1.47. The Bertz CT molecular complexity index is 1240. The average molecular weight is 592 g/mol. The van der Waals surface area contributed by atoms with E-state index in [9.17, 15) is 18.3 Å². The third-order valence-electron chi connectivity index (χ3n) is 6.91. The molecule has 1 unspecified atom stereocenters. The number of rotatable bonds is 8. The zero-order chi connectivity index (χ0) is 26.5. The maximum atomic E-state index is 13.6. The first kappa shape index (κ1) is 27.6. The van der Waals surface area contributed by atoms with Crippen LogP contribution in [0, 0.1) is 11.8 Å². The topological polar surface area (TPSA) is 96.4 Å². The van der Waals surface area contributed by atoms with Gasteiger partial charge in [-0.2, -0.15) is 0 Å². The molecular formula is C27H31BrN2O6S. The minimum atomic E-state index is -4.14. The Morgan fingerprint density at radius 1 is 1.08 bits per heavy atom. The van der Waals surface area contributed by atoms with Crippen LogP contribution in [-0.2, 0) is 25.9 Å². The fourth-order valence-corrected chi connectivity index (χ4v) is 6.86. The SMILES string of the molecule is CC#CC(Oc1ccc(S(=O)(=O)C2(C(=O)O)CCN(Cc3ccc(Br)cc3)CC2)cc1)N1CCOCC1. The molecule has 4 rings (SSSR count). The van der Waals surface area contributed by atoms with Gasteiger partial charge >= 0.3 is 5.97 Å². The van der Waals surface area contributed by atoms with Gasteiger partial charge < -0.3 is 14.6 Å². The zero-order valence-electron chi connectivity index (χ0n) is 20.7. The molecule has 0 bridgehead atoms. The molecule has 2 aliphatic rings. The number of morpholine rings is 1. The summed E-state index contributed by atoms with van der Waals surface area (Å²) in [6.45, 7) is 5.69. The van der Waals surface area contributed by atoms with Crippen LogP contribution in [0.1, 0.15) is 25.3 Å². The number of piperidine rings is 1. The Morgan fingerprint density at radius 2 is 1.70 bits per heavy atom. The lowest BCUT2D eigenvalue weighted by atomic mass is 9.95. The number of likely N-dealkylation sites (tertiary alicyclic amines) is 1. The van der Waals surface area contributed by atoms with E-state index in [4.69, 9.17) is 9.47 Å². The molecule has 2 saturated heterocycles. The summed E-state index contributed by atoms with van der Waals surface area (Å²) < 4.78 is 37.8. The fourth-order valence-electron chi connectivity index (χ4n) is 4.70. The second-order valence-electron chi connectivity index (χ2n) is 9.19. The van der Waals surface area contributed by atoms with Crippen LogP contribution < -0.4 is 4.74 Å². The van der Waals surface area contributed by atoms with Crippen LogP contribution in [0.5, 0.6) is 5.75 Å². The minimum Gasteiger partial charge on any atom is -0.480 e. The van der Waals surface area contributed by atoms with E-state index in [2.05, 4.69) is 37.6 Å². The molecule has 2 aliphatic heterocycles. The summed E-state index contributed by atoms with van der Waals surface area (Å²) in [5.41, 5.74) is 1.09. The molecular weight excluding hydrogens is 560 g/mol. The van der Waals surface area contributed by atoms with Crippen LogP contribution in [0.3, 0.4) is 0 Å². The highest BCUT2D eigenvalue weighted by atomic mass is 79.9. The monoisotopic (exact) mass is 590 g/mol. The Morgan fingerprint density at radius 3 is 2.27 bits per heavy atom. The van der Waals surface area contributed by atoms with Gasteiger partial charge in [-0.25, -0.2) is 8.42 Å². The van der Waals surface area contributed by atoms with Gasteiger partial charge in [-0.1, -0.05) is 28.1 Å². The highest BCUT2D eigenvalue weighted by molar-refractivity contribution is 9.10. The summed E-state index contributed by atoms with van der Waals surface area (Å²) in [7, 11) is -4.14. The van der Waals surface area contributed by atoms with Gasteiger partial charge in [0.25, 0.3) is 0 Å². The number of carboxylic acid groups (broad SMARTS) is 1. The van der Waals surface area contributed by atoms with E-state index >= 15 is 0 Å². The predicted molar refractivity (Wildman–Crippen MR) is 143 cm³/mol. The zero-order valence-corrected chi connectivity index (χ0v) is 23.1. The lowest BCUT2D eigenvalue weighted by Gasteiger charge is -2.38. The molecule has 0 radical (unpaired) electrons. The standard InChI is InChI=1S/C27H31BrN2O6S/c1-2-3-25(30-16-18-35-19-17-30)36-23-8-10-24(11-9-23)37(33,34)27(26(31)32)12-14-29(15-13-27)20-21-4-6-22(28)7-5-21/h4-11,25H,12-20H2,1H3,(H,31,32). The summed E-state index contributed by atoms with van der Waals surface area (Å²) >= 11 is 3.42. The molecule has 198 valence electrons. The van der Waals surface area contributed by atoms with E-state index < -0.39 is 26.8 Å². The molecule has 8 nitrogen and oxygen atoms in total. The van der Waals surface area contributed by atoms with Crippen molar-refractivity contribution >= 4 is 31.7 Å². The minimum absolute atomic E-state index is 0.0185. The number of benzene rings is 2. The Labute approximate surface area is 226 Å². The Kier molecular flexibility index (Phi) is 8.93. The highest BCUT2D eigenvalue weighted by Gasteiger charge is 2.53. The fraction of sp³-hybridized carbons (Fsp3) is 0.444. The number of carbonyl (C=O) groups is 1. The molecule has 0 amide bonds. The van der Waals surface area contributed by atoms with Crippen LogP contribution in [0.2, 0.25) is 0 Å². The van der Waals surface area contributed by atoms with E-state index in [1.54, 1.807) is 19.1 Å². The van der Waals surface area contributed by atoms with Gasteiger partial charge in [-0.3, -0.25) is 14.6 Å². The van der Waals surface area contributed by atoms with Gasteiger partial charge in [0.2, 0.25) is 6.23 Å². The van der Waals surface area contributed by atoms with Crippen LogP contribution >= 0.6 is 15.9 Å². The number of carboxylic acids is 1. The maximum Gasteiger partial charge on any atom is 0.325 e. The molecule has 2 fully saturated rings. The number of sulfone groups is 1. The number of halogens is 1. The van der Waals surface area contributed by atoms with Gasteiger partial charge in [0.15, 0.2) is 14.6 Å². The smallest absolute Gasteiger partial charge is 0.325 e. The van der Waals surface area contributed by atoms with E-state index in [1.807, 2.05) is 24.3 Å². The number of hydrogen-bond acceptors (Lipinski definition) is 7. The van der Waals surface area contributed by atoms with E-state index in [-0.39, 0.29) is 17.7 Å². The first-order valence-corrected chi connectivity index (χ1v) is 14.5. The van der Waals surface area contributed by atoms with Crippen molar-refractivity contribution in [2.24, 2.45) is 0 Å². The van der Waals surface area contributed by atoms with Crippen molar-refractivity contribution in [1.82, 2.24) is 9.80 Å². The van der Waals surface area contributed by atoms with Gasteiger partial charge in [-0.05, 0) is 67.6 Å². The second-order valence-corrected chi connectivity index (χ2v) is 12.4. The summed E-state index contributed by atoms with van der Waals surface area (Å²) in [5.74, 6) is 5.08. The molecule has 1 N–H and O–H groups in total. The van der Waals surface area contributed by atoms with E-state index in [0.717, 1.165) is 10.0 Å². The van der Waals surface area contributed by atoms with E-state index in [0.29, 0.717) is 51.7 Å². The summed E-state index contributed by atoms with van der Waals surface area (Å²) in [4.78, 5) is 16.5. The normalized spacial score (nSPS) is 19.4. The van der Waals surface area contributed by atoms with Crippen molar-refractivity contribution in [2.75, 3.05) is 39.4 Å². The quantitative estimate of drug-likeness (QED) is 0.467. The van der Waals surface area contributed by atoms with Gasteiger partial charge in [0.1, 0.15) is 5.75 Å². The van der Waals surface area contributed by atoms with Gasteiger partial charge in [0, 0.05) is 37.2 Å². The van der Waals surface area contributed by atoms with Crippen LogP contribution in [-0.4, -0.2) is 79.7 Å². The molecule has 0 aromatic heterocycles. The number of ether oxygens (including phenoxy) is 2. The average Bonchev–Trinajstić information content (AvgIpc) is 2.91. The molecule has 10 heteroatoms. The third kappa shape index (κ3) is 6.19. The van der Waals surface area contributed by atoms with Crippen LogP contribution in [0.15, 0.2) is 57.9 Å². The predicted octanol–water partition coefficient (Wildman–Crippen LogP) is 3.40. The first-order valence-electron chi connectivity index (χ1n) is 12.2. The van der Waals surface area contributed by atoms with Crippen LogP contribution in [0.4, 0.5) is 0 Å². The first-order chi connectivity index (χ1) is 17.7. The Hall–Kier alpha value is -2.42. The molecule has 0 aliphatic carbocycles. The lowest BCUT2D eigenvalue weighted by Crippen LogP contribution is -2.54. The number of aliphatic carboxylic acids is 1. The second kappa shape index (κ2) is 12.0. The summed E-state index contributed by atoms with van der Waals surface area (Å²) in [5, 5.41) is 10.1. The molecule has 0 spiro atoms. The van der Waals surface area contributed by atoms with E-state index in [1.165, 1.54) is 12.1 Å². The van der Waals surface area contributed by atoms with Crippen molar-refractivity contribution in [2.45, 2.75) is 42.2 Å². The third-order valence-corrected chi connectivity index (χ3v) is 9.95. The number of nitrogens with zero attached hydrogens (tertiary/aromatic N) is 2. The molecule has 37 heavy (non-hydrogen) atoms. The molecule has 2 aromatic carbocycles. The molecule has 0 saturated carbocycles. The number of hydrogen-bond donors (Lipinski definition) is 1. The van der Waals surface area contributed by atoms with Crippen molar-refractivity contribution in [3.05, 3.63) is 58.6 Å². The summed E-state index contributed by atoms with van der Waals surface area (Å²) in [6.07, 6.45) is -0.438. The molecule has 2 aromatic rings. The van der Waals surface area contributed by atoms with Crippen molar-refractivity contribution in [1.29, 1.82) is 0 Å². The summed E-state index contributed by atoms with van der Waals surface area (Å²) in [6, 6.07) is 13.9. The van der Waals surface area contributed by atoms with Gasteiger partial charge in [0.05, 0.1) is 18.1 Å². The molecule has 1 atom stereocenters. The largest absolute Gasteiger partial charge is 0.480 e. The van der Waals surface area contributed by atoms with Crippen molar-refractivity contribution in [3.8, 4) is 17.6 Å². The molecule has 2 heterocycles. The van der Waals surface area contributed by atoms with Crippen molar-refractivity contribution < 1.29 is 27.8 Å². The van der Waals surface area contributed by atoms with Crippen LogP contribution in [0.25, 0.3) is 0 Å². The maximum absolute atomic E-state index is 13.6. The highest BCUT2D eigenvalue weighted by Crippen LogP contribution is 2.37. The lowest BCUT2D eigenvalue weighted by molar-refractivity contribution is -0.141. The van der Waals surface area contributed by atoms with Gasteiger partial charge in [-0.15, -0.1) is 5.92 Å².